The molecule has 4 heterocycles. The van der Waals surface area contributed by atoms with Gasteiger partial charge in [0.05, 0.1) is 17.7 Å². The minimum Gasteiger partial charge on any atom is -0.320 e. The van der Waals surface area contributed by atoms with Crippen molar-refractivity contribution in [3.8, 4) is 6.07 Å². The lowest BCUT2D eigenvalue weighted by Crippen LogP contribution is -2.51. The van der Waals surface area contributed by atoms with Crippen molar-refractivity contribution < 1.29 is 4.79 Å². The number of rotatable bonds is 3. The third-order valence-corrected chi connectivity index (χ3v) is 5.71. The smallest absolute Gasteiger partial charge is 0.320 e. The molecule has 0 bridgehead atoms. The van der Waals surface area contributed by atoms with Crippen LogP contribution in [0.2, 0.25) is 0 Å². The van der Waals surface area contributed by atoms with Gasteiger partial charge in [0.1, 0.15) is 11.0 Å². The molecule has 158 valence electrons. The molecule has 1 amide bonds. The Morgan fingerprint density at radius 1 is 0.969 bits per heavy atom. The van der Waals surface area contributed by atoms with Gasteiger partial charge in [-0.1, -0.05) is 17.3 Å². The molecule has 3 aromatic heterocycles. The van der Waals surface area contributed by atoms with Gasteiger partial charge in [-0.25, -0.2) is 4.79 Å². The molecule has 1 fully saturated rings. The van der Waals surface area contributed by atoms with Crippen LogP contribution in [0.25, 0.3) is 11.0 Å². The molecule has 0 aliphatic carbocycles. The van der Waals surface area contributed by atoms with Gasteiger partial charge in [-0.15, -0.1) is 5.10 Å². The number of hydrogen-bond acceptors (Lipinski definition) is 7. The van der Waals surface area contributed by atoms with Crippen molar-refractivity contribution in [3.63, 3.8) is 0 Å². The van der Waals surface area contributed by atoms with Crippen molar-refractivity contribution in [1.82, 2.24) is 34.8 Å². The fraction of sp³-hybridized carbons (Fsp3) is 0.217. The Hall–Kier alpha value is -4.16. The Balaban J connectivity index is 1.36. The number of piperazine rings is 1. The van der Waals surface area contributed by atoms with E-state index in [1.54, 1.807) is 35.5 Å². The van der Waals surface area contributed by atoms with Crippen LogP contribution in [0, 0.1) is 11.3 Å². The van der Waals surface area contributed by atoms with Crippen molar-refractivity contribution in [1.29, 1.82) is 5.26 Å². The Morgan fingerprint density at radius 3 is 2.25 bits per heavy atom. The maximum absolute atomic E-state index is 13.2. The highest BCUT2D eigenvalue weighted by Gasteiger charge is 2.30. The van der Waals surface area contributed by atoms with E-state index in [0.717, 1.165) is 11.1 Å². The number of carbonyl (C=O) groups is 1. The molecule has 0 N–H and O–H groups in total. The first-order chi connectivity index (χ1) is 15.7. The van der Waals surface area contributed by atoms with Gasteiger partial charge in [0.15, 0.2) is 0 Å². The Labute approximate surface area is 184 Å². The maximum atomic E-state index is 13.2. The summed E-state index contributed by atoms with van der Waals surface area (Å²) in [5, 5.41) is 17.3. The lowest BCUT2D eigenvalue weighted by Gasteiger charge is -2.39. The molecule has 1 aromatic carbocycles. The predicted octanol–water partition coefficient (Wildman–Crippen LogP) is 2.47. The molecule has 0 saturated carbocycles. The summed E-state index contributed by atoms with van der Waals surface area (Å²) in [5.74, 6) is 0. The van der Waals surface area contributed by atoms with E-state index in [1.807, 2.05) is 24.5 Å². The SMILES string of the molecule is N#Cc1ccc2nnn(C(=O)N3CCN(C(c4cccnc4)c4cccnc4)CC3)c2c1. The van der Waals surface area contributed by atoms with Crippen LogP contribution in [0.15, 0.2) is 67.3 Å². The largest absolute Gasteiger partial charge is 0.346 e. The number of carbonyl (C=O) groups excluding carboxylic acids is 1. The normalized spacial score (nSPS) is 14.6. The number of nitriles is 1. The van der Waals surface area contributed by atoms with Crippen LogP contribution in [-0.2, 0) is 0 Å². The van der Waals surface area contributed by atoms with Gasteiger partial charge < -0.3 is 4.90 Å². The highest BCUT2D eigenvalue weighted by atomic mass is 16.2. The van der Waals surface area contributed by atoms with Gasteiger partial charge in [-0.05, 0) is 41.5 Å². The van der Waals surface area contributed by atoms with Crippen molar-refractivity contribution in [2.45, 2.75) is 6.04 Å². The lowest BCUT2D eigenvalue weighted by atomic mass is 9.99. The average Bonchev–Trinajstić information content (AvgIpc) is 3.29. The zero-order chi connectivity index (χ0) is 21.9. The zero-order valence-corrected chi connectivity index (χ0v) is 17.2. The highest BCUT2D eigenvalue weighted by Crippen LogP contribution is 2.28. The van der Waals surface area contributed by atoms with Gasteiger partial charge in [0.2, 0.25) is 0 Å². The van der Waals surface area contributed by atoms with E-state index < -0.39 is 0 Å². The van der Waals surface area contributed by atoms with Crippen LogP contribution in [0.3, 0.4) is 0 Å². The maximum Gasteiger partial charge on any atom is 0.346 e. The number of nitrogens with zero attached hydrogens (tertiary/aromatic N) is 8. The Morgan fingerprint density at radius 2 is 1.66 bits per heavy atom. The van der Waals surface area contributed by atoms with Crippen LogP contribution < -0.4 is 0 Å². The van der Waals surface area contributed by atoms with Gasteiger partial charge in [-0.2, -0.15) is 9.94 Å². The van der Waals surface area contributed by atoms with Crippen LogP contribution >= 0.6 is 0 Å². The summed E-state index contributed by atoms with van der Waals surface area (Å²) in [5.41, 5.74) is 3.77. The third-order valence-electron chi connectivity index (χ3n) is 5.71. The zero-order valence-electron chi connectivity index (χ0n) is 17.2. The molecule has 9 heteroatoms. The number of aromatic nitrogens is 5. The molecule has 0 atom stereocenters. The van der Waals surface area contributed by atoms with Gasteiger partial charge in [0, 0.05) is 51.0 Å². The molecule has 32 heavy (non-hydrogen) atoms. The van der Waals surface area contributed by atoms with E-state index in [-0.39, 0.29) is 12.1 Å². The second kappa shape index (κ2) is 8.53. The van der Waals surface area contributed by atoms with E-state index in [1.165, 1.54) is 4.68 Å². The van der Waals surface area contributed by atoms with Crippen molar-refractivity contribution >= 4 is 17.1 Å². The molecule has 5 rings (SSSR count). The first-order valence-electron chi connectivity index (χ1n) is 10.3. The molecule has 1 aliphatic heterocycles. The summed E-state index contributed by atoms with van der Waals surface area (Å²) in [6, 6.07) is 14.9. The summed E-state index contributed by atoms with van der Waals surface area (Å²) >= 11 is 0. The first-order valence-corrected chi connectivity index (χ1v) is 10.3. The van der Waals surface area contributed by atoms with E-state index in [4.69, 9.17) is 0 Å². The summed E-state index contributed by atoms with van der Waals surface area (Å²) in [4.78, 5) is 25.9. The number of hydrogen-bond donors (Lipinski definition) is 0. The van der Waals surface area contributed by atoms with Crippen LogP contribution in [0.1, 0.15) is 22.7 Å². The minimum atomic E-state index is -0.235. The molecular weight excluding hydrogens is 404 g/mol. The molecule has 0 unspecified atom stereocenters. The van der Waals surface area contributed by atoms with E-state index in [9.17, 15) is 10.1 Å². The van der Waals surface area contributed by atoms with Crippen molar-refractivity contribution in [2.75, 3.05) is 26.2 Å². The fourth-order valence-corrected chi connectivity index (χ4v) is 4.12. The molecular formula is C23H20N8O. The van der Waals surface area contributed by atoms with Crippen LogP contribution in [0.4, 0.5) is 4.79 Å². The van der Waals surface area contributed by atoms with E-state index in [2.05, 4.69) is 43.4 Å². The van der Waals surface area contributed by atoms with Crippen LogP contribution in [0.5, 0.6) is 0 Å². The number of fused-ring (bicyclic) bond motifs is 1. The topological polar surface area (TPSA) is 104 Å². The average molecular weight is 424 g/mol. The fourth-order valence-electron chi connectivity index (χ4n) is 4.12. The Bertz CT molecular complexity index is 1230. The highest BCUT2D eigenvalue weighted by molar-refractivity contribution is 5.88. The summed E-state index contributed by atoms with van der Waals surface area (Å²) in [6.45, 7) is 2.48. The van der Waals surface area contributed by atoms with E-state index >= 15 is 0 Å². The molecule has 0 spiro atoms. The summed E-state index contributed by atoms with van der Waals surface area (Å²) in [7, 11) is 0. The first kappa shape index (κ1) is 19.8. The second-order valence-corrected chi connectivity index (χ2v) is 7.60. The van der Waals surface area contributed by atoms with E-state index in [0.29, 0.717) is 42.8 Å². The lowest BCUT2D eigenvalue weighted by molar-refractivity contribution is 0.119. The number of benzene rings is 1. The summed E-state index contributed by atoms with van der Waals surface area (Å²) in [6.07, 6.45) is 7.29. The van der Waals surface area contributed by atoms with Crippen molar-refractivity contribution in [2.24, 2.45) is 0 Å². The third kappa shape index (κ3) is 3.68. The molecule has 1 aliphatic rings. The monoisotopic (exact) mass is 424 g/mol. The molecule has 1 saturated heterocycles. The van der Waals surface area contributed by atoms with Crippen LogP contribution in [-0.4, -0.2) is 67.0 Å². The van der Waals surface area contributed by atoms with Gasteiger partial charge in [0.25, 0.3) is 0 Å². The minimum absolute atomic E-state index is 0.0139. The number of amides is 1. The molecule has 0 radical (unpaired) electrons. The molecule has 4 aromatic rings. The summed E-state index contributed by atoms with van der Waals surface area (Å²) < 4.78 is 1.28. The van der Waals surface area contributed by atoms with Crippen molar-refractivity contribution in [3.05, 3.63) is 83.9 Å². The standard InChI is InChI=1S/C23H20N8O/c24-14-17-5-6-20-21(13-17)31(28-27-20)23(32)30-11-9-29(10-12-30)22(18-3-1-7-25-15-18)19-4-2-8-26-16-19/h1-8,13,15-16,22H,9-12H2. The van der Waals surface area contributed by atoms with Gasteiger partial charge >= 0.3 is 6.03 Å². The Kier molecular flexibility index (Phi) is 5.27. The number of pyridine rings is 2. The quantitative estimate of drug-likeness (QED) is 0.498. The van der Waals surface area contributed by atoms with Gasteiger partial charge in [-0.3, -0.25) is 14.9 Å². The predicted molar refractivity (Wildman–Crippen MR) is 117 cm³/mol. The molecule has 9 nitrogen and oxygen atoms in total. The second-order valence-electron chi connectivity index (χ2n) is 7.60.